The van der Waals surface area contributed by atoms with Gasteiger partial charge in [0.1, 0.15) is 0 Å². The number of imidazole rings is 1. The van der Waals surface area contributed by atoms with Crippen molar-refractivity contribution < 1.29 is 0 Å². The molecule has 0 atom stereocenters. The van der Waals surface area contributed by atoms with E-state index in [2.05, 4.69) is 21.7 Å². The Morgan fingerprint density at radius 3 is 2.21 bits per heavy atom. The van der Waals surface area contributed by atoms with E-state index >= 15 is 0 Å². The zero-order valence-electron chi connectivity index (χ0n) is 8.94. The number of hydrogen-bond donors (Lipinski definition) is 0. The average Bonchev–Trinajstić information content (AvgIpc) is 2.69. The van der Waals surface area contributed by atoms with Crippen molar-refractivity contribution in [3.05, 3.63) is 48.5 Å². The third kappa shape index (κ3) is 2.22. The molecule has 14 heavy (non-hydrogen) atoms. The van der Waals surface area contributed by atoms with Crippen LogP contribution in [0, 0.1) is 6.92 Å². The molecule has 0 spiro atoms. The molecule has 74 valence electrons. The van der Waals surface area contributed by atoms with Crippen molar-refractivity contribution in [2.45, 2.75) is 20.8 Å². The van der Waals surface area contributed by atoms with Gasteiger partial charge in [-0.25, -0.2) is 4.98 Å². The van der Waals surface area contributed by atoms with E-state index in [1.165, 1.54) is 0 Å². The second-order valence-corrected chi connectivity index (χ2v) is 2.74. The molecule has 1 heterocycles. The van der Waals surface area contributed by atoms with Crippen LogP contribution in [0.15, 0.2) is 42.9 Å². The molecule has 2 aromatic rings. The molecule has 0 radical (unpaired) electrons. The molecule has 0 amide bonds. The molecular weight excluding hydrogens is 172 g/mol. The molecule has 2 rings (SSSR count). The minimum atomic E-state index is 1.15. The summed E-state index contributed by atoms with van der Waals surface area (Å²) in [7, 11) is 0. The summed E-state index contributed by atoms with van der Waals surface area (Å²) in [6, 6.07) is 10.2. The van der Waals surface area contributed by atoms with Gasteiger partial charge < -0.3 is 4.57 Å². The Kier molecular flexibility index (Phi) is 3.92. The molecule has 0 saturated heterocycles. The van der Waals surface area contributed by atoms with E-state index < -0.39 is 0 Å². The summed E-state index contributed by atoms with van der Waals surface area (Å²) in [6.07, 6.45) is 3.68. The summed E-state index contributed by atoms with van der Waals surface area (Å²) in [5.41, 5.74) is 2.31. The van der Waals surface area contributed by atoms with Gasteiger partial charge in [-0.05, 0) is 19.1 Å². The van der Waals surface area contributed by atoms with E-state index in [9.17, 15) is 0 Å². The van der Waals surface area contributed by atoms with Crippen molar-refractivity contribution in [3.8, 4) is 5.69 Å². The summed E-state index contributed by atoms with van der Waals surface area (Å²) in [5.74, 6) is 0. The number of benzene rings is 1. The molecule has 0 bridgehead atoms. The van der Waals surface area contributed by atoms with Gasteiger partial charge >= 0.3 is 0 Å². The van der Waals surface area contributed by atoms with Crippen molar-refractivity contribution >= 4 is 0 Å². The van der Waals surface area contributed by atoms with Gasteiger partial charge in [-0.3, -0.25) is 0 Å². The summed E-state index contributed by atoms with van der Waals surface area (Å²) >= 11 is 0. The molecule has 0 unspecified atom stereocenters. The maximum absolute atomic E-state index is 4.06. The molecule has 0 fully saturated rings. The molecule has 1 aromatic carbocycles. The van der Waals surface area contributed by atoms with E-state index in [1.807, 2.05) is 51.5 Å². The van der Waals surface area contributed by atoms with Gasteiger partial charge in [0.25, 0.3) is 0 Å². The number of aromatic nitrogens is 2. The molecule has 2 nitrogen and oxygen atoms in total. The highest BCUT2D eigenvalue weighted by Crippen LogP contribution is 2.08. The van der Waals surface area contributed by atoms with Crippen LogP contribution in [-0.4, -0.2) is 9.55 Å². The van der Waals surface area contributed by atoms with Crippen LogP contribution in [0.1, 0.15) is 19.5 Å². The zero-order chi connectivity index (χ0) is 10.4. The summed E-state index contributed by atoms with van der Waals surface area (Å²) in [5, 5.41) is 0. The SMILES string of the molecule is CC.Cc1cncn1-c1ccccc1. The highest BCUT2D eigenvalue weighted by Gasteiger charge is 1.96. The Bertz CT molecular complexity index is 363. The van der Waals surface area contributed by atoms with Crippen LogP contribution in [0.5, 0.6) is 0 Å². The molecule has 1 aromatic heterocycles. The first kappa shape index (κ1) is 10.5. The van der Waals surface area contributed by atoms with Gasteiger partial charge in [0.15, 0.2) is 0 Å². The molecular formula is C12H16N2. The van der Waals surface area contributed by atoms with Crippen LogP contribution in [-0.2, 0) is 0 Å². The lowest BCUT2D eigenvalue weighted by molar-refractivity contribution is 1.00. The Balaban J connectivity index is 0.000000461. The quantitative estimate of drug-likeness (QED) is 0.672. The Hall–Kier alpha value is -1.57. The van der Waals surface area contributed by atoms with Crippen molar-refractivity contribution in [1.82, 2.24) is 9.55 Å². The number of hydrogen-bond acceptors (Lipinski definition) is 1. The summed E-state index contributed by atoms with van der Waals surface area (Å²) < 4.78 is 2.06. The summed E-state index contributed by atoms with van der Waals surface area (Å²) in [4.78, 5) is 4.06. The van der Waals surface area contributed by atoms with Crippen LogP contribution in [0.4, 0.5) is 0 Å². The van der Waals surface area contributed by atoms with Gasteiger partial charge in [-0.15, -0.1) is 0 Å². The van der Waals surface area contributed by atoms with Crippen molar-refractivity contribution in [2.24, 2.45) is 0 Å². The lowest BCUT2D eigenvalue weighted by atomic mass is 10.3. The fourth-order valence-corrected chi connectivity index (χ4v) is 1.22. The van der Waals surface area contributed by atoms with E-state index in [0.29, 0.717) is 0 Å². The van der Waals surface area contributed by atoms with Gasteiger partial charge in [0.2, 0.25) is 0 Å². The molecule has 0 saturated carbocycles. The first-order chi connectivity index (χ1) is 6.88. The number of para-hydroxylation sites is 1. The minimum Gasteiger partial charge on any atom is -0.304 e. The lowest BCUT2D eigenvalue weighted by Crippen LogP contribution is -1.92. The highest BCUT2D eigenvalue weighted by atomic mass is 15.0. The number of aryl methyl sites for hydroxylation is 1. The van der Waals surface area contributed by atoms with Crippen molar-refractivity contribution in [3.63, 3.8) is 0 Å². The average molecular weight is 188 g/mol. The van der Waals surface area contributed by atoms with E-state index in [1.54, 1.807) is 0 Å². The third-order valence-electron chi connectivity index (χ3n) is 1.86. The van der Waals surface area contributed by atoms with Crippen LogP contribution in [0.25, 0.3) is 5.69 Å². The minimum absolute atomic E-state index is 1.15. The second kappa shape index (κ2) is 5.22. The van der Waals surface area contributed by atoms with Gasteiger partial charge in [-0.2, -0.15) is 0 Å². The van der Waals surface area contributed by atoms with E-state index in [0.717, 1.165) is 11.4 Å². The van der Waals surface area contributed by atoms with Crippen molar-refractivity contribution in [2.75, 3.05) is 0 Å². The molecule has 0 aliphatic carbocycles. The van der Waals surface area contributed by atoms with Gasteiger partial charge in [-0.1, -0.05) is 32.0 Å². The fraction of sp³-hybridized carbons (Fsp3) is 0.250. The highest BCUT2D eigenvalue weighted by molar-refractivity contribution is 5.32. The topological polar surface area (TPSA) is 17.8 Å². The zero-order valence-corrected chi connectivity index (χ0v) is 8.94. The molecule has 0 aliphatic heterocycles. The van der Waals surface area contributed by atoms with Crippen LogP contribution < -0.4 is 0 Å². The smallest absolute Gasteiger partial charge is 0.0994 e. The Morgan fingerprint density at radius 2 is 1.71 bits per heavy atom. The van der Waals surface area contributed by atoms with Crippen molar-refractivity contribution in [1.29, 1.82) is 0 Å². The largest absolute Gasteiger partial charge is 0.304 e. The monoisotopic (exact) mass is 188 g/mol. The van der Waals surface area contributed by atoms with Gasteiger partial charge in [0.05, 0.1) is 6.33 Å². The molecule has 0 N–H and O–H groups in total. The Morgan fingerprint density at radius 1 is 1.07 bits per heavy atom. The summed E-state index contributed by atoms with van der Waals surface area (Å²) in [6.45, 7) is 6.04. The lowest BCUT2D eigenvalue weighted by Gasteiger charge is -2.02. The predicted molar refractivity (Wildman–Crippen MR) is 59.6 cm³/mol. The van der Waals surface area contributed by atoms with E-state index in [4.69, 9.17) is 0 Å². The normalized spacial score (nSPS) is 9.07. The van der Waals surface area contributed by atoms with Crippen LogP contribution in [0.3, 0.4) is 0 Å². The predicted octanol–water partition coefficient (Wildman–Crippen LogP) is 3.21. The Labute approximate surface area is 85.2 Å². The first-order valence-electron chi connectivity index (χ1n) is 4.92. The number of rotatable bonds is 1. The standard InChI is InChI=1S/C10H10N2.C2H6/c1-9-7-11-8-12(9)10-5-3-2-4-6-10;1-2/h2-8H,1H3;1-2H3. The van der Waals surface area contributed by atoms with Gasteiger partial charge in [0, 0.05) is 17.6 Å². The second-order valence-electron chi connectivity index (χ2n) is 2.74. The maximum atomic E-state index is 4.06. The van der Waals surface area contributed by atoms with Crippen LogP contribution >= 0.6 is 0 Å². The molecule has 0 aliphatic rings. The maximum Gasteiger partial charge on any atom is 0.0994 e. The molecule has 2 heteroatoms. The van der Waals surface area contributed by atoms with Crippen LogP contribution in [0.2, 0.25) is 0 Å². The van der Waals surface area contributed by atoms with E-state index in [-0.39, 0.29) is 0 Å². The first-order valence-corrected chi connectivity index (χ1v) is 4.92. The third-order valence-corrected chi connectivity index (χ3v) is 1.86. The fourth-order valence-electron chi connectivity index (χ4n) is 1.22. The number of nitrogens with zero attached hydrogens (tertiary/aromatic N) is 2.